The molecule has 1 amide bonds. The van der Waals surface area contributed by atoms with E-state index in [4.69, 9.17) is 16.3 Å². The van der Waals surface area contributed by atoms with E-state index in [1.54, 1.807) is 0 Å². The van der Waals surface area contributed by atoms with E-state index in [0.29, 0.717) is 11.6 Å². The first-order valence-electron chi connectivity index (χ1n) is 10.3. The number of morpholine rings is 1. The van der Waals surface area contributed by atoms with E-state index in [1.165, 1.54) is 24.3 Å². The fourth-order valence-corrected chi connectivity index (χ4v) is 4.69. The molecule has 0 bridgehead atoms. The van der Waals surface area contributed by atoms with Crippen molar-refractivity contribution in [1.29, 1.82) is 0 Å². The maximum absolute atomic E-state index is 12.9. The molecule has 2 N–H and O–H groups in total. The molecular weight excluding hydrogens is 438 g/mol. The van der Waals surface area contributed by atoms with Gasteiger partial charge in [-0.3, -0.25) is 9.69 Å². The van der Waals surface area contributed by atoms with Crippen LogP contribution in [0.15, 0.2) is 59.5 Å². The van der Waals surface area contributed by atoms with Crippen LogP contribution in [-0.2, 0) is 26.0 Å². The number of amides is 1. The van der Waals surface area contributed by atoms with E-state index in [2.05, 4.69) is 14.9 Å². The van der Waals surface area contributed by atoms with Gasteiger partial charge < -0.3 is 10.1 Å². The molecule has 0 aromatic heterocycles. The van der Waals surface area contributed by atoms with Crippen molar-refractivity contribution in [3.63, 3.8) is 0 Å². The Morgan fingerprint density at radius 2 is 1.74 bits per heavy atom. The van der Waals surface area contributed by atoms with Gasteiger partial charge in [-0.1, -0.05) is 41.9 Å². The fraction of sp³-hybridized carbons (Fsp3) is 0.409. The van der Waals surface area contributed by atoms with Crippen molar-refractivity contribution in [2.24, 2.45) is 0 Å². The number of ether oxygens (including phenoxy) is 1. The van der Waals surface area contributed by atoms with Gasteiger partial charge in [-0.25, -0.2) is 8.42 Å². The summed E-state index contributed by atoms with van der Waals surface area (Å²) in [6, 6.07) is 14.3. The van der Waals surface area contributed by atoms with Gasteiger partial charge in [-0.05, 0) is 49.2 Å². The van der Waals surface area contributed by atoms with Crippen molar-refractivity contribution in [3.05, 3.63) is 65.2 Å². The summed E-state index contributed by atoms with van der Waals surface area (Å²) < 4.78 is 33.6. The second kappa shape index (κ2) is 11.6. The maximum Gasteiger partial charge on any atom is 0.241 e. The number of hydrogen-bond acceptors (Lipinski definition) is 5. The van der Waals surface area contributed by atoms with Crippen LogP contribution >= 0.6 is 11.6 Å². The minimum atomic E-state index is -3.88. The largest absolute Gasteiger partial charge is 0.379 e. The molecule has 0 unspecified atom stereocenters. The van der Waals surface area contributed by atoms with Gasteiger partial charge >= 0.3 is 0 Å². The molecule has 0 radical (unpaired) electrons. The highest BCUT2D eigenvalue weighted by Crippen LogP contribution is 2.15. The molecule has 1 atom stereocenters. The van der Waals surface area contributed by atoms with Crippen molar-refractivity contribution in [2.75, 3.05) is 39.4 Å². The molecule has 1 saturated heterocycles. The number of carbonyl (C=O) groups is 1. The molecule has 2 aromatic rings. The topological polar surface area (TPSA) is 87.7 Å². The van der Waals surface area contributed by atoms with E-state index in [-0.39, 0.29) is 17.2 Å². The number of sulfonamides is 1. The molecule has 0 aliphatic carbocycles. The van der Waals surface area contributed by atoms with Gasteiger partial charge in [0.05, 0.1) is 18.1 Å². The zero-order chi connectivity index (χ0) is 22.1. The number of benzene rings is 2. The summed E-state index contributed by atoms with van der Waals surface area (Å²) in [5.74, 6) is -0.344. The van der Waals surface area contributed by atoms with Crippen LogP contribution in [0.25, 0.3) is 0 Å². The molecule has 9 heteroatoms. The second-order valence-corrected chi connectivity index (χ2v) is 9.57. The van der Waals surface area contributed by atoms with E-state index in [9.17, 15) is 13.2 Å². The summed E-state index contributed by atoms with van der Waals surface area (Å²) in [5, 5.41) is 3.32. The standard InChI is InChI=1S/C22H28ClN3O4S/c23-19-7-9-20(10-8-19)31(28,29)25-21(17-18-5-2-1-3-6-18)22(27)24-11-4-12-26-13-15-30-16-14-26/h1-3,5-10,21,25H,4,11-17H2,(H,24,27)/t21-/m1/s1. The fourth-order valence-electron chi connectivity index (χ4n) is 3.37. The quantitative estimate of drug-likeness (QED) is 0.524. The lowest BCUT2D eigenvalue weighted by molar-refractivity contribution is -0.122. The van der Waals surface area contributed by atoms with Crippen LogP contribution in [-0.4, -0.2) is 64.7 Å². The molecular formula is C22H28ClN3O4S. The maximum atomic E-state index is 12.9. The summed E-state index contributed by atoms with van der Waals surface area (Å²) in [6.45, 7) is 4.60. The number of nitrogens with one attached hydrogen (secondary N) is 2. The Kier molecular flexibility index (Phi) is 8.86. The Balaban J connectivity index is 1.62. The van der Waals surface area contributed by atoms with Gasteiger partial charge in [0.15, 0.2) is 0 Å². The smallest absolute Gasteiger partial charge is 0.241 e. The van der Waals surface area contributed by atoms with Crippen molar-refractivity contribution in [1.82, 2.24) is 14.9 Å². The van der Waals surface area contributed by atoms with Gasteiger partial charge in [-0.15, -0.1) is 0 Å². The SMILES string of the molecule is O=C(NCCCN1CCOCC1)[C@@H](Cc1ccccc1)NS(=O)(=O)c1ccc(Cl)cc1. The zero-order valence-corrected chi connectivity index (χ0v) is 18.9. The average molecular weight is 466 g/mol. The lowest BCUT2D eigenvalue weighted by Gasteiger charge is -2.26. The van der Waals surface area contributed by atoms with Crippen molar-refractivity contribution < 1.29 is 17.9 Å². The van der Waals surface area contributed by atoms with E-state index < -0.39 is 16.1 Å². The third-order valence-electron chi connectivity index (χ3n) is 5.07. The normalized spacial score (nSPS) is 16.0. The highest BCUT2D eigenvalue weighted by atomic mass is 35.5. The lowest BCUT2D eigenvalue weighted by Crippen LogP contribution is -2.48. The van der Waals surface area contributed by atoms with Crippen LogP contribution in [0.4, 0.5) is 0 Å². The predicted molar refractivity (Wildman–Crippen MR) is 121 cm³/mol. The van der Waals surface area contributed by atoms with Crippen LogP contribution in [0, 0.1) is 0 Å². The first-order chi connectivity index (χ1) is 14.9. The van der Waals surface area contributed by atoms with E-state index >= 15 is 0 Å². The average Bonchev–Trinajstić information content (AvgIpc) is 2.78. The molecule has 1 aliphatic rings. The summed E-state index contributed by atoms with van der Waals surface area (Å²) in [5.41, 5.74) is 0.870. The molecule has 3 rings (SSSR count). The number of halogens is 1. The number of carbonyl (C=O) groups excluding carboxylic acids is 1. The monoisotopic (exact) mass is 465 g/mol. The van der Waals surface area contributed by atoms with Gasteiger partial charge in [0.25, 0.3) is 0 Å². The minimum absolute atomic E-state index is 0.0649. The third-order valence-corrected chi connectivity index (χ3v) is 6.81. The highest BCUT2D eigenvalue weighted by molar-refractivity contribution is 7.89. The van der Waals surface area contributed by atoms with Crippen LogP contribution < -0.4 is 10.0 Å². The molecule has 1 aliphatic heterocycles. The molecule has 1 fully saturated rings. The summed E-state index contributed by atoms with van der Waals surface area (Å²) in [6.07, 6.45) is 1.04. The Morgan fingerprint density at radius 1 is 1.06 bits per heavy atom. The molecule has 7 nitrogen and oxygen atoms in total. The van der Waals surface area contributed by atoms with Crippen molar-refractivity contribution in [3.8, 4) is 0 Å². The summed E-state index contributed by atoms with van der Waals surface area (Å²) >= 11 is 5.86. The third kappa shape index (κ3) is 7.59. The van der Waals surface area contributed by atoms with Gasteiger partial charge in [-0.2, -0.15) is 4.72 Å². The molecule has 0 spiro atoms. The van der Waals surface area contributed by atoms with Crippen LogP contribution in [0.5, 0.6) is 0 Å². The zero-order valence-electron chi connectivity index (χ0n) is 17.3. The Labute approximate surface area is 188 Å². The molecule has 168 valence electrons. The first kappa shape index (κ1) is 23.7. The predicted octanol–water partition coefficient (Wildman–Crippen LogP) is 2.07. The van der Waals surface area contributed by atoms with Gasteiger partial charge in [0.1, 0.15) is 6.04 Å². The number of rotatable bonds is 10. The van der Waals surface area contributed by atoms with Crippen LogP contribution in [0.1, 0.15) is 12.0 Å². The second-order valence-electron chi connectivity index (χ2n) is 7.42. The number of nitrogens with zero attached hydrogens (tertiary/aromatic N) is 1. The lowest BCUT2D eigenvalue weighted by atomic mass is 10.1. The Bertz CT molecular complexity index is 933. The molecule has 1 heterocycles. The molecule has 0 saturated carbocycles. The minimum Gasteiger partial charge on any atom is -0.379 e. The van der Waals surface area contributed by atoms with Crippen LogP contribution in [0.2, 0.25) is 5.02 Å². The van der Waals surface area contributed by atoms with E-state index in [0.717, 1.165) is 44.8 Å². The number of hydrogen-bond donors (Lipinski definition) is 2. The van der Waals surface area contributed by atoms with Gasteiger partial charge in [0.2, 0.25) is 15.9 Å². The summed E-state index contributed by atoms with van der Waals surface area (Å²) in [7, 11) is -3.88. The molecule has 31 heavy (non-hydrogen) atoms. The van der Waals surface area contributed by atoms with Crippen LogP contribution in [0.3, 0.4) is 0 Å². The highest BCUT2D eigenvalue weighted by Gasteiger charge is 2.26. The first-order valence-corrected chi connectivity index (χ1v) is 12.2. The molecule has 2 aromatic carbocycles. The Morgan fingerprint density at radius 3 is 2.42 bits per heavy atom. The van der Waals surface area contributed by atoms with Crippen molar-refractivity contribution in [2.45, 2.75) is 23.8 Å². The van der Waals surface area contributed by atoms with Crippen molar-refractivity contribution >= 4 is 27.5 Å². The van der Waals surface area contributed by atoms with Gasteiger partial charge in [0, 0.05) is 24.7 Å². The van der Waals surface area contributed by atoms with E-state index in [1.807, 2.05) is 30.3 Å². The summed E-state index contributed by atoms with van der Waals surface area (Å²) in [4.78, 5) is 15.2. The Hall–Kier alpha value is -1.97.